The third kappa shape index (κ3) is 1.97. The molecule has 0 unspecified atom stereocenters. The molecule has 2 aromatic heterocycles. The molecule has 0 radical (unpaired) electrons. The van der Waals surface area contributed by atoms with Crippen LogP contribution in [0.15, 0.2) is 24.5 Å². The summed E-state index contributed by atoms with van der Waals surface area (Å²) in [5.74, 6) is 0.834. The molecule has 0 N–H and O–H groups in total. The zero-order valence-electron chi connectivity index (χ0n) is 9.77. The van der Waals surface area contributed by atoms with Gasteiger partial charge < -0.3 is 4.74 Å². The van der Waals surface area contributed by atoms with E-state index in [-0.39, 0.29) is 0 Å². The van der Waals surface area contributed by atoms with E-state index in [4.69, 9.17) is 4.74 Å². The lowest BCUT2D eigenvalue weighted by Gasteiger charge is -2.06. The number of ether oxygens (including phenoxy) is 1. The van der Waals surface area contributed by atoms with E-state index in [2.05, 4.69) is 10.1 Å². The van der Waals surface area contributed by atoms with E-state index in [1.165, 1.54) is 0 Å². The first-order valence-corrected chi connectivity index (χ1v) is 5.18. The number of nitrogens with zero attached hydrogens (tertiary/aromatic N) is 3. The van der Waals surface area contributed by atoms with Crippen molar-refractivity contribution in [1.29, 1.82) is 0 Å². The van der Waals surface area contributed by atoms with E-state index in [9.17, 15) is 0 Å². The van der Waals surface area contributed by atoms with Gasteiger partial charge in [0, 0.05) is 25.1 Å². The number of hydrogen-bond donors (Lipinski definition) is 0. The maximum atomic E-state index is 5.15. The van der Waals surface area contributed by atoms with Gasteiger partial charge in [-0.15, -0.1) is 0 Å². The highest BCUT2D eigenvalue weighted by atomic mass is 16.5. The van der Waals surface area contributed by atoms with Crippen LogP contribution in [0.5, 0.6) is 0 Å². The van der Waals surface area contributed by atoms with Crippen molar-refractivity contribution in [2.45, 2.75) is 20.5 Å². The molecule has 2 rings (SSSR count). The van der Waals surface area contributed by atoms with Crippen molar-refractivity contribution >= 4 is 0 Å². The Labute approximate surface area is 94.9 Å². The van der Waals surface area contributed by atoms with Crippen molar-refractivity contribution in [3.8, 4) is 5.82 Å². The Morgan fingerprint density at radius 1 is 1.38 bits per heavy atom. The molecular weight excluding hydrogens is 202 g/mol. The fraction of sp³-hybridized carbons (Fsp3) is 0.333. The Morgan fingerprint density at radius 2 is 2.19 bits per heavy atom. The molecule has 0 saturated carbocycles. The van der Waals surface area contributed by atoms with Gasteiger partial charge in [0.2, 0.25) is 0 Å². The summed E-state index contributed by atoms with van der Waals surface area (Å²) in [5.41, 5.74) is 3.22. The smallest absolute Gasteiger partial charge is 0.158 e. The topological polar surface area (TPSA) is 39.9 Å². The Morgan fingerprint density at radius 3 is 2.81 bits per heavy atom. The number of aryl methyl sites for hydroxylation is 2. The predicted molar refractivity (Wildman–Crippen MR) is 61.5 cm³/mol. The van der Waals surface area contributed by atoms with Gasteiger partial charge in [0.05, 0.1) is 12.3 Å². The normalized spacial score (nSPS) is 10.7. The monoisotopic (exact) mass is 217 g/mol. The minimum atomic E-state index is 0.543. The van der Waals surface area contributed by atoms with Gasteiger partial charge in [-0.1, -0.05) is 6.07 Å². The van der Waals surface area contributed by atoms with E-state index in [1.807, 2.05) is 32.2 Å². The molecule has 4 heteroatoms. The molecule has 0 amide bonds. The number of rotatable bonds is 3. The van der Waals surface area contributed by atoms with E-state index >= 15 is 0 Å². The van der Waals surface area contributed by atoms with Crippen LogP contribution in [0.3, 0.4) is 0 Å². The van der Waals surface area contributed by atoms with Crippen LogP contribution in [-0.2, 0) is 11.3 Å². The third-order valence-electron chi connectivity index (χ3n) is 2.53. The standard InChI is InChI=1S/C12H15N3O/c1-9-7-15(14-10(9)2)12-11(8-16-3)5-4-6-13-12/h4-7H,8H2,1-3H3. The summed E-state index contributed by atoms with van der Waals surface area (Å²) in [5, 5.41) is 4.42. The van der Waals surface area contributed by atoms with Gasteiger partial charge in [0.25, 0.3) is 0 Å². The zero-order chi connectivity index (χ0) is 11.5. The van der Waals surface area contributed by atoms with Gasteiger partial charge in [0.1, 0.15) is 0 Å². The maximum Gasteiger partial charge on any atom is 0.158 e. The molecule has 2 heterocycles. The molecule has 4 nitrogen and oxygen atoms in total. The molecule has 0 bridgehead atoms. The average Bonchev–Trinajstić information content (AvgIpc) is 2.60. The molecule has 84 valence electrons. The van der Waals surface area contributed by atoms with Crippen LogP contribution in [0, 0.1) is 13.8 Å². The Balaban J connectivity index is 2.46. The summed E-state index contributed by atoms with van der Waals surface area (Å²) in [6.45, 7) is 4.57. The SMILES string of the molecule is COCc1cccnc1-n1cc(C)c(C)n1. The lowest BCUT2D eigenvalue weighted by molar-refractivity contribution is 0.184. The quantitative estimate of drug-likeness (QED) is 0.789. The van der Waals surface area contributed by atoms with Crippen molar-refractivity contribution in [2.24, 2.45) is 0 Å². The van der Waals surface area contributed by atoms with Crippen LogP contribution in [0.2, 0.25) is 0 Å². The molecule has 0 aliphatic rings. The van der Waals surface area contributed by atoms with E-state index in [0.717, 1.165) is 22.6 Å². The molecule has 0 atom stereocenters. The number of pyridine rings is 1. The molecular formula is C12H15N3O. The average molecular weight is 217 g/mol. The molecule has 0 saturated heterocycles. The van der Waals surface area contributed by atoms with Crippen LogP contribution in [0.1, 0.15) is 16.8 Å². The summed E-state index contributed by atoms with van der Waals surface area (Å²) in [4.78, 5) is 4.34. The van der Waals surface area contributed by atoms with Gasteiger partial charge in [-0.25, -0.2) is 9.67 Å². The van der Waals surface area contributed by atoms with E-state index < -0.39 is 0 Å². The highest BCUT2D eigenvalue weighted by Gasteiger charge is 2.08. The maximum absolute atomic E-state index is 5.15. The highest BCUT2D eigenvalue weighted by molar-refractivity contribution is 5.33. The second-order valence-corrected chi connectivity index (χ2v) is 3.76. The molecule has 0 spiro atoms. The first-order valence-electron chi connectivity index (χ1n) is 5.18. The molecule has 0 aliphatic carbocycles. The fourth-order valence-electron chi connectivity index (χ4n) is 1.56. The summed E-state index contributed by atoms with van der Waals surface area (Å²) >= 11 is 0. The second-order valence-electron chi connectivity index (χ2n) is 3.76. The van der Waals surface area contributed by atoms with Gasteiger partial charge >= 0.3 is 0 Å². The van der Waals surface area contributed by atoms with Crippen LogP contribution < -0.4 is 0 Å². The number of aromatic nitrogens is 3. The van der Waals surface area contributed by atoms with Crippen LogP contribution in [-0.4, -0.2) is 21.9 Å². The van der Waals surface area contributed by atoms with Crippen molar-refractivity contribution in [1.82, 2.24) is 14.8 Å². The zero-order valence-corrected chi connectivity index (χ0v) is 9.77. The number of hydrogen-bond acceptors (Lipinski definition) is 3. The Bertz CT molecular complexity index is 471. The third-order valence-corrected chi connectivity index (χ3v) is 2.53. The highest BCUT2D eigenvalue weighted by Crippen LogP contribution is 2.14. The summed E-state index contributed by atoms with van der Waals surface area (Å²) < 4.78 is 6.95. The molecule has 0 aromatic carbocycles. The first kappa shape index (κ1) is 10.8. The van der Waals surface area contributed by atoms with Crippen molar-refractivity contribution in [3.63, 3.8) is 0 Å². The Hall–Kier alpha value is -1.68. The van der Waals surface area contributed by atoms with Crippen molar-refractivity contribution in [3.05, 3.63) is 41.3 Å². The van der Waals surface area contributed by atoms with Crippen LogP contribution >= 0.6 is 0 Å². The van der Waals surface area contributed by atoms with Gasteiger partial charge in [0.15, 0.2) is 5.82 Å². The van der Waals surface area contributed by atoms with Crippen LogP contribution in [0.4, 0.5) is 0 Å². The summed E-state index contributed by atoms with van der Waals surface area (Å²) in [6.07, 6.45) is 3.75. The van der Waals surface area contributed by atoms with Gasteiger partial charge in [-0.05, 0) is 25.5 Å². The predicted octanol–water partition coefficient (Wildman–Crippen LogP) is 2.03. The van der Waals surface area contributed by atoms with Crippen molar-refractivity contribution in [2.75, 3.05) is 7.11 Å². The molecule has 0 fully saturated rings. The minimum absolute atomic E-state index is 0.543. The second kappa shape index (κ2) is 4.45. The minimum Gasteiger partial charge on any atom is -0.380 e. The van der Waals surface area contributed by atoms with E-state index in [0.29, 0.717) is 6.61 Å². The van der Waals surface area contributed by atoms with Gasteiger partial charge in [-0.2, -0.15) is 5.10 Å². The Kier molecular flexibility index (Phi) is 3.01. The molecule has 2 aromatic rings. The van der Waals surface area contributed by atoms with Crippen LogP contribution in [0.25, 0.3) is 5.82 Å². The van der Waals surface area contributed by atoms with Crippen molar-refractivity contribution < 1.29 is 4.74 Å². The van der Waals surface area contributed by atoms with E-state index in [1.54, 1.807) is 18.0 Å². The fourth-order valence-corrected chi connectivity index (χ4v) is 1.56. The first-order chi connectivity index (χ1) is 7.72. The molecule has 0 aliphatic heterocycles. The molecule has 16 heavy (non-hydrogen) atoms. The lowest BCUT2D eigenvalue weighted by atomic mass is 10.2. The summed E-state index contributed by atoms with van der Waals surface area (Å²) in [6, 6.07) is 3.90. The number of methoxy groups -OCH3 is 1. The summed E-state index contributed by atoms with van der Waals surface area (Å²) in [7, 11) is 1.68. The largest absolute Gasteiger partial charge is 0.380 e. The van der Waals surface area contributed by atoms with Gasteiger partial charge in [-0.3, -0.25) is 0 Å². The lowest BCUT2D eigenvalue weighted by Crippen LogP contribution is -2.04.